The zero-order valence-electron chi connectivity index (χ0n) is 15.9. The van der Waals surface area contributed by atoms with Crippen molar-refractivity contribution in [1.82, 2.24) is 0 Å². The van der Waals surface area contributed by atoms with Gasteiger partial charge >= 0.3 is 0 Å². The maximum atomic E-state index is 15.0. The lowest BCUT2D eigenvalue weighted by Gasteiger charge is -2.17. The number of hydrogen-bond donors (Lipinski definition) is 1. The van der Waals surface area contributed by atoms with Crippen LogP contribution in [0.25, 0.3) is 0 Å². The topological polar surface area (TPSA) is 56.0 Å². The van der Waals surface area contributed by atoms with E-state index in [1.165, 1.54) is 26.0 Å². The number of carbonyl (C=O) groups excluding carboxylic acids is 1. The second-order valence-electron chi connectivity index (χ2n) is 6.27. The van der Waals surface area contributed by atoms with E-state index in [1.807, 2.05) is 13.8 Å². The van der Waals surface area contributed by atoms with Crippen molar-refractivity contribution in [3.05, 3.63) is 62.6 Å². The normalized spacial score (nSPS) is 10.6. The Morgan fingerprint density at radius 3 is 2.22 bits per heavy atom. The van der Waals surface area contributed by atoms with Crippen LogP contribution in [0, 0.1) is 43.0 Å². The number of amides is 1. The van der Waals surface area contributed by atoms with Crippen LogP contribution < -0.4 is 10.0 Å². The molecule has 0 aliphatic rings. The Morgan fingerprint density at radius 1 is 1.19 bits per heavy atom. The molecule has 27 heavy (non-hydrogen) atoms. The van der Waals surface area contributed by atoms with Gasteiger partial charge in [0.05, 0.1) is 5.56 Å². The summed E-state index contributed by atoms with van der Waals surface area (Å²) < 4.78 is 29.3. The minimum absolute atomic E-state index is 0.0220. The van der Waals surface area contributed by atoms with Crippen molar-refractivity contribution in [2.45, 2.75) is 47.0 Å². The van der Waals surface area contributed by atoms with E-state index in [0.717, 1.165) is 0 Å². The van der Waals surface area contributed by atoms with Crippen LogP contribution in [0.4, 0.5) is 14.5 Å². The smallest absolute Gasteiger partial charge is 0.265 e. The summed E-state index contributed by atoms with van der Waals surface area (Å²) in [4.78, 5) is 12.8. The largest absolute Gasteiger partial charge is 0.618 e. The molecule has 0 radical (unpaired) electrons. The Morgan fingerprint density at radius 2 is 1.74 bits per heavy atom. The SMILES string of the molecule is C#CCc1c(F)c(C(=O)Nc2c(CC)cc(F)cc2CC)c(C)[n+]([O-])c1C. The number of benzene rings is 1. The number of carbonyl (C=O) groups is 1. The molecule has 0 saturated carbocycles. The van der Waals surface area contributed by atoms with Crippen molar-refractivity contribution in [3.8, 4) is 12.3 Å². The molecule has 2 aromatic rings. The van der Waals surface area contributed by atoms with Crippen LogP contribution in [0.15, 0.2) is 12.1 Å². The van der Waals surface area contributed by atoms with Crippen LogP contribution >= 0.6 is 0 Å². The molecule has 0 aliphatic carbocycles. The van der Waals surface area contributed by atoms with E-state index in [4.69, 9.17) is 6.42 Å². The summed E-state index contributed by atoms with van der Waals surface area (Å²) in [5.41, 5.74) is 1.39. The molecule has 0 atom stereocenters. The number of nitrogens with zero attached hydrogens (tertiary/aromatic N) is 1. The monoisotopic (exact) mass is 372 g/mol. The summed E-state index contributed by atoms with van der Waals surface area (Å²) >= 11 is 0. The first-order valence-electron chi connectivity index (χ1n) is 8.73. The van der Waals surface area contributed by atoms with Gasteiger partial charge in [-0.05, 0) is 36.1 Å². The molecule has 1 amide bonds. The van der Waals surface area contributed by atoms with Gasteiger partial charge in [0.25, 0.3) is 5.91 Å². The lowest BCUT2D eigenvalue weighted by Crippen LogP contribution is -2.39. The molecule has 6 heteroatoms. The molecule has 1 aromatic carbocycles. The van der Waals surface area contributed by atoms with Crippen molar-refractivity contribution >= 4 is 11.6 Å². The van der Waals surface area contributed by atoms with E-state index in [0.29, 0.717) is 34.4 Å². The summed E-state index contributed by atoms with van der Waals surface area (Å²) in [5, 5.41) is 15.0. The van der Waals surface area contributed by atoms with Crippen LogP contribution in [0.5, 0.6) is 0 Å². The molecule has 0 saturated heterocycles. The molecule has 4 nitrogen and oxygen atoms in total. The van der Waals surface area contributed by atoms with Crippen LogP contribution in [0.1, 0.15) is 52.3 Å². The van der Waals surface area contributed by atoms with Crippen LogP contribution in [-0.2, 0) is 19.3 Å². The van der Waals surface area contributed by atoms with E-state index < -0.39 is 17.5 Å². The van der Waals surface area contributed by atoms with Crippen molar-refractivity contribution < 1.29 is 18.3 Å². The van der Waals surface area contributed by atoms with Crippen molar-refractivity contribution in [2.75, 3.05) is 5.32 Å². The molecular formula is C21H22F2N2O2. The maximum Gasteiger partial charge on any atom is 0.265 e. The van der Waals surface area contributed by atoms with Crippen LogP contribution in [0.3, 0.4) is 0 Å². The highest BCUT2D eigenvalue weighted by molar-refractivity contribution is 6.06. The van der Waals surface area contributed by atoms with Gasteiger partial charge < -0.3 is 10.5 Å². The highest BCUT2D eigenvalue weighted by Gasteiger charge is 2.28. The molecule has 1 N–H and O–H groups in total. The second kappa shape index (κ2) is 8.17. The minimum Gasteiger partial charge on any atom is -0.618 e. The Kier molecular flexibility index (Phi) is 6.17. The first-order chi connectivity index (χ1) is 12.8. The Hall–Kier alpha value is -2.94. The first kappa shape index (κ1) is 20.4. The number of halogens is 2. The third-order valence-electron chi connectivity index (χ3n) is 4.66. The molecule has 2 rings (SSSR count). The Bertz CT molecular complexity index is 921. The van der Waals surface area contributed by atoms with Crippen LogP contribution in [0.2, 0.25) is 0 Å². The van der Waals surface area contributed by atoms with Crippen molar-refractivity contribution in [3.63, 3.8) is 0 Å². The van der Waals surface area contributed by atoms with Gasteiger partial charge in [-0.1, -0.05) is 13.8 Å². The van der Waals surface area contributed by atoms with Gasteiger partial charge in [-0.15, -0.1) is 12.3 Å². The molecule has 0 aliphatic heterocycles. The number of aryl methyl sites for hydroxylation is 2. The van der Waals surface area contributed by atoms with Gasteiger partial charge in [0.2, 0.25) is 5.69 Å². The van der Waals surface area contributed by atoms with Gasteiger partial charge in [-0.25, -0.2) is 8.78 Å². The zero-order chi connectivity index (χ0) is 20.3. The Balaban J connectivity index is 2.60. The first-order valence-corrected chi connectivity index (χ1v) is 8.73. The predicted molar refractivity (Wildman–Crippen MR) is 100 cm³/mol. The quantitative estimate of drug-likeness (QED) is 0.493. The highest BCUT2D eigenvalue weighted by Crippen LogP contribution is 2.26. The Labute approximate surface area is 157 Å². The molecule has 0 unspecified atom stereocenters. The third kappa shape index (κ3) is 3.77. The number of anilines is 1. The van der Waals surface area contributed by atoms with Crippen molar-refractivity contribution in [1.29, 1.82) is 0 Å². The summed E-state index contributed by atoms with van der Waals surface area (Å²) in [6, 6.07) is 2.68. The van der Waals surface area contributed by atoms with E-state index >= 15 is 0 Å². The van der Waals surface area contributed by atoms with Gasteiger partial charge in [0.15, 0.2) is 11.5 Å². The minimum atomic E-state index is -0.800. The fraction of sp³-hybridized carbons (Fsp3) is 0.333. The second-order valence-corrected chi connectivity index (χ2v) is 6.27. The number of aromatic nitrogens is 1. The molecule has 0 spiro atoms. The predicted octanol–water partition coefficient (Wildman–Crippen LogP) is 3.77. The summed E-state index contributed by atoms with van der Waals surface area (Å²) in [5.74, 6) is 0.350. The molecular weight excluding hydrogens is 350 g/mol. The lowest BCUT2D eigenvalue weighted by molar-refractivity contribution is -0.620. The van der Waals surface area contributed by atoms with Gasteiger partial charge in [-0.2, -0.15) is 4.73 Å². The molecule has 142 valence electrons. The van der Waals surface area contributed by atoms with E-state index in [9.17, 15) is 18.8 Å². The van der Waals surface area contributed by atoms with E-state index in [2.05, 4.69) is 11.2 Å². The lowest BCUT2D eigenvalue weighted by atomic mass is 10.0. The molecule has 0 bridgehead atoms. The number of pyridine rings is 1. The maximum absolute atomic E-state index is 15.0. The highest BCUT2D eigenvalue weighted by atomic mass is 19.1. The van der Waals surface area contributed by atoms with E-state index in [1.54, 1.807) is 0 Å². The molecule has 1 heterocycles. The van der Waals surface area contributed by atoms with Gasteiger partial charge in [0, 0.05) is 26.0 Å². The fourth-order valence-electron chi connectivity index (χ4n) is 3.14. The average Bonchev–Trinajstić information content (AvgIpc) is 2.64. The standard InChI is InChI=1S/C21H22F2N2O2/c1-6-9-17-12(4)25(27)13(5)18(19(17)23)21(26)24-20-14(7-2)10-16(22)11-15(20)8-3/h1,10-11H,7-9H2,2-5H3,(H,24,26). The van der Waals surface area contributed by atoms with Gasteiger partial charge in [0.1, 0.15) is 11.4 Å². The average molecular weight is 372 g/mol. The number of rotatable bonds is 5. The van der Waals surface area contributed by atoms with E-state index in [-0.39, 0.29) is 28.9 Å². The third-order valence-corrected chi connectivity index (χ3v) is 4.66. The number of terminal acetylenes is 1. The molecule has 1 aromatic heterocycles. The fourth-order valence-corrected chi connectivity index (χ4v) is 3.14. The van der Waals surface area contributed by atoms with Crippen molar-refractivity contribution in [2.24, 2.45) is 0 Å². The zero-order valence-corrected chi connectivity index (χ0v) is 15.9. The van der Waals surface area contributed by atoms with Crippen LogP contribution in [-0.4, -0.2) is 5.91 Å². The molecule has 0 fully saturated rings. The number of hydrogen-bond acceptors (Lipinski definition) is 2. The summed E-state index contributed by atoms with van der Waals surface area (Å²) in [6.45, 7) is 6.50. The number of nitrogens with one attached hydrogen (secondary N) is 1. The summed E-state index contributed by atoms with van der Waals surface area (Å²) in [6.07, 6.45) is 6.13. The summed E-state index contributed by atoms with van der Waals surface area (Å²) in [7, 11) is 0. The van der Waals surface area contributed by atoms with Gasteiger partial charge in [-0.3, -0.25) is 4.79 Å².